The second-order valence-electron chi connectivity index (χ2n) is 19.3. The third-order valence-electron chi connectivity index (χ3n) is 14.4. The molecule has 23 heteroatoms. The van der Waals surface area contributed by atoms with Gasteiger partial charge in [0.2, 0.25) is 17.5 Å². The quantitative estimate of drug-likeness (QED) is 0.0214. The fraction of sp³-hybridized carbons (Fsp3) is 0.206. The van der Waals surface area contributed by atoms with Crippen molar-refractivity contribution >= 4 is 51.7 Å². The molecule has 9 rings (SSSR count). The molecule has 4 aromatic carbocycles. The molecule has 446 valence electrons. The lowest BCUT2D eigenvalue weighted by atomic mass is 9.83. The molecule has 86 heavy (non-hydrogen) atoms. The first kappa shape index (κ1) is 61.4. The van der Waals surface area contributed by atoms with E-state index < -0.39 is 221 Å². The van der Waals surface area contributed by atoms with Gasteiger partial charge in [0.1, 0.15) is 0 Å². The van der Waals surface area contributed by atoms with Crippen molar-refractivity contribution < 1.29 is 104 Å². The standard InChI is InChI=1S/C63H41F15O8/c1-5-83-60(79)43(61(80)84-6-2)38-25-10-9-11-26(20-25)39(44(62(81)85-7-3)63(82)86-8-4)34-19-17-32(24-34)37(42-49(68)55(74)59(78)56(75)50(42)69)30-15-13-28(22-30)35(40-45(64)51(70)57(76)52(71)46(40)65)27-12-14-29(21-27)36(31-16-18-33(38)23-31)41-47(66)53(72)58(77)54(73)48(41)67/h9-12,14,16-20,22H,5-8,13,15,21,23-24H2,1-4H3/b35-27+,36-29+,37-30+. The highest BCUT2D eigenvalue weighted by atomic mass is 19.2. The van der Waals surface area contributed by atoms with E-state index >= 15 is 52.7 Å². The summed E-state index contributed by atoms with van der Waals surface area (Å²) in [6, 6.07) is 5.03. The number of esters is 4. The summed E-state index contributed by atoms with van der Waals surface area (Å²) < 4.78 is 257. The van der Waals surface area contributed by atoms with Gasteiger partial charge in [-0.2, -0.15) is 0 Å². The lowest BCUT2D eigenvalue weighted by Crippen LogP contribution is -2.21. The van der Waals surface area contributed by atoms with E-state index in [0.29, 0.717) is 0 Å². The highest BCUT2D eigenvalue weighted by molar-refractivity contribution is 6.23. The van der Waals surface area contributed by atoms with Gasteiger partial charge in [0, 0.05) is 11.1 Å². The van der Waals surface area contributed by atoms with Gasteiger partial charge in [-0.25, -0.2) is 85.0 Å². The number of allylic oxidation sites excluding steroid dienone is 20. The van der Waals surface area contributed by atoms with E-state index in [9.17, 15) is 32.3 Å². The van der Waals surface area contributed by atoms with Crippen LogP contribution < -0.4 is 0 Å². The highest BCUT2D eigenvalue weighted by Gasteiger charge is 2.40. The Labute approximate surface area is 478 Å². The largest absolute Gasteiger partial charge is 0.462 e. The van der Waals surface area contributed by atoms with Gasteiger partial charge in [0.05, 0.1) is 43.1 Å². The average Bonchev–Trinajstić information content (AvgIpc) is 1.64. The minimum atomic E-state index is -2.64. The monoisotopic (exact) mass is 1210 g/mol. The van der Waals surface area contributed by atoms with E-state index in [1.165, 1.54) is 58.0 Å². The molecule has 0 N–H and O–H groups in total. The third kappa shape index (κ3) is 10.5. The molecule has 0 spiro atoms. The van der Waals surface area contributed by atoms with Gasteiger partial charge in [0.15, 0.2) is 81.0 Å². The summed E-state index contributed by atoms with van der Waals surface area (Å²) >= 11 is 0. The summed E-state index contributed by atoms with van der Waals surface area (Å²) in [5.41, 5.74) is -13.6. The number of carbonyl (C=O) groups is 4. The normalized spacial score (nSPS) is 18.2. The molecule has 0 saturated heterocycles. The molecule has 0 aliphatic heterocycles. The number of fused-ring (bicyclic) bond motifs is 9. The van der Waals surface area contributed by atoms with E-state index in [2.05, 4.69) is 0 Å². The van der Waals surface area contributed by atoms with Crippen LogP contribution in [0.2, 0.25) is 0 Å². The van der Waals surface area contributed by atoms with Crippen molar-refractivity contribution in [3.63, 3.8) is 0 Å². The average molecular weight is 1210 g/mol. The summed E-state index contributed by atoms with van der Waals surface area (Å²) in [4.78, 5) is 56.8. The van der Waals surface area contributed by atoms with Crippen LogP contribution in [0.5, 0.6) is 0 Å². The Kier molecular flexibility index (Phi) is 17.5. The van der Waals surface area contributed by atoms with Gasteiger partial charge in [-0.3, -0.25) is 0 Å². The SMILES string of the molecule is CCOC(=O)C(C(=O)OCC)=C1C2=CC=C(C2)/C(c2c(F)c(F)c(F)c(F)c2F)=C2C=C/C(=C(\c3c(F)c(F)c(F)c(F)c3F)C3=C/C(=C(/c4c(F)c(F)c(F)c(F)c4F)C4=CC=C(C4)C(=C(C(=O)OCC)C(=O)OCC)c4cccc1c4)CC3)C/2. The maximum atomic E-state index is 16.5. The van der Waals surface area contributed by atoms with Gasteiger partial charge in [-0.05, 0) is 138 Å². The topological polar surface area (TPSA) is 105 Å². The number of hydrogen-bond donors (Lipinski definition) is 0. The molecule has 0 unspecified atom stereocenters. The molecule has 5 aliphatic rings. The van der Waals surface area contributed by atoms with E-state index in [1.807, 2.05) is 0 Å². The summed E-state index contributed by atoms with van der Waals surface area (Å²) in [6.45, 7) is 3.91. The summed E-state index contributed by atoms with van der Waals surface area (Å²) in [5.74, 6) is -42.9. The first-order chi connectivity index (χ1) is 40.9. The zero-order valence-electron chi connectivity index (χ0n) is 45.2. The molecule has 0 fully saturated rings. The van der Waals surface area contributed by atoms with Crippen LogP contribution in [0.15, 0.2) is 123 Å². The predicted octanol–water partition coefficient (Wildman–Crippen LogP) is 15.1. The lowest BCUT2D eigenvalue weighted by molar-refractivity contribution is -0.148. The Bertz CT molecular complexity index is 3960. The van der Waals surface area contributed by atoms with Crippen molar-refractivity contribution in [3.05, 3.63) is 238 Å². The number of ether oxygens (including phenoxy) is 4. The Morgan fingerprint density at radius 2 is 0.651 bits per heavy atom. The highest BCUT2D eigenvalue weighted by Crippen LogP contribution is 2.52. The molecule has 0 aromatic heterocycles. The summed E-state index contributed by atoms with van der Waals surface area (Å²) in [7, 11) is 0. The van der Waals surface area contributed by atoms with Gasteiger partial charge < -0.3 is 18.9 Å². The lowest BCUT2D eigenvalue weighted by Gasteiger charge is -2.21. The number of benzene rings is 4. The molecule has 0 saturated carbocycles. The Morgan fingerprint density at radius 3 is 0.977 bits per heavy atom. The van der Waals surface area contributed by atoms with Crippen LogP contribution in [0.1, 0.15) is 87.6 Å². The first-order valence-corrected chi connectivity index (χ1v) is 26.2. The van der Waals surface area contributed by atoms with Crippen LogP contribution in [0.25, 0.3) is 27.9 Å². The van der Waals surface area contributed by atoms with Crippen LogP contribution in [-0.4, -0.2) is 50.3 Å². The molecular weight excluding hydrogens is 1170 g/mol. The fourth-order valence-electron chi connectivity index (χ4n) is 10.9. The van der Waals surface area contributed by atoms with Gasteiger partial charge in [-0.1, -0.05) is 60.7 Å². The summed E-state index contributed by atoms with van der Waals surface area (Å²) in [5, 5.41) is 0. The molecule has 10 bridgehead atoms. The van der Waals surface area contributed by atoms with Gasteiger partial charge in [0.25, 0.3) is 0 Å². The molecule has 4 aromatic rings. The van der Waals surface area contributed by atoms with E-state index in [0.717, 1.165) is 36.5 Å². The second-order valence-corrected chi connectivity index (χ2v) is 19.3. The number of hydrogen-bond acceptors (Lipinski definition) is 8. The van der Waals surface area contributed by atoms with Crippen LogP contribution >= 0.6 is 0 Å². The van der Waals surface area contributed by atoms with Crippen LogP contribution in [0.4, 0.5) is 65.9 Å². The zero-order chi connectivity index (χ0) is 62.5. The maximum Gasteiger partial charge on any atom is 0.346 e. The maximum absolute atomic E-state index is 16.5. The molecule has 0 radical (unpaired) electrons. The fourth-order valence-corrected chi connectivity index (χ4v) is 10.9. The van der Waals surface area contributed by atoms with Gasteiger partial charge in [-0.15, -0.1) is 0 Å². The number of rotatable bonds is 11. The van der Waals surface area contributed by atoms with Crippen molar-refractivity contribution in [2.45, 2.75) is 59.8 Å². The van der Waals surface area contributed by atoms with Crippen LogP contribution in [0.3, 0.4) is 0 Å². The van der Waals surface area contributed by atoms with E-state index in [4.69, 9.17) is 18.9 Å². The summed E-state index contributed by atoms with van der Waals surface area (Å²) in [6.07, 6.45) is 3.65. The zero-order valence-corrected chi connectivity index (χ0v) is 45.2. The van der Waals surface area contributed by atoms with Crippen molar-refractivity contribution in [3.8, 4) is 0 Å². The first-order valence-electron chi connectivity index (χ1n) is 26.2. The van der Waals surface area contributed by atoms with Crippen LogP contribution in [0, 0.1) is 87.3 Å². The Hall–Kier alpha value is -9.15. The molecular formula is C63H41F15O8. The molecule has 0 atom stereocenters. The van der Waals surface area contributed by atoms with Crippen molar-refractivity contribution in [1.82, 2.24) is 0 Å². The minimum absolute atomic E-state index is 0.178. The third-order valence-corrected chi connectivity index (χ3v) is 14.4. The molecule has 5 aliphatic carbocycles. The number of halogens is 15. The van der Waals surface area contributed by atoms with Crippen molar-refractivity contribution in [2.24, 2.45) is 0 Å². The number of carbonyl (C=O) groups excluding carboxylic acids is 4. The predicted molar refractivity (Wildman–Crippen MR) is 279 cm³/mol. The van der Waals surface area contributed by atoms with Gasteiger partial charge >= 0.3 is 23.9 Å². The Morgan fingerprint density at radius 1 is 0.360 bits per heavy atom. The smallest absolute Gasteiger partial charge is 0.346 e. The van der Waals surface area contributed by atoms with E-state index in [1.54, 1.807) is 0 Å². The molecule has 0 heterocycles. The minimum Gasteiger partial charge on any atom is -0.462 e. The second kappa shape index (κ2) is 24.4. The van der Waals surface area contributed by atoms with Crippen molar-refractivity contribution in [1.29, 1.82) is 0 Å². The molecule has 8 nitrogen and oxygen atoms in total. The Balaban J connectivity index is 1.47. The molecule has 0 amide bonds. The van der Waals surface area contributed by atoms with Crippen LogP contribution in [-0.2, 0) is 38.1 Å². The van der Waals surface area contributed by atoms with E-state index in [-0.39, 0.29) is 59.8 Å². The van der Waals surface area contributed by atoms with Crippen molar-refractivity contribution in [2.75, 3.05) is 26.4 Å².